The van der Waals surface area contributed by atoms with Crippen LogP contribution in [0.3, 0.4) is 0 Å². The van der Waals surface area contributed by atoms with Gasteiger partial charge in [-0.2, -0.15) is 0 Å². The van der Waals surface area contributed by atoms with Gasteiger partial charge in [0.2, 0.25) is 5.75 Å². The molecule has 0 bridgehead atoms. The fourth-order valence-electron chi connectivity index (χ4n) is 1.80. The highest BCUT2D eigenvalue weighted by Gasteiger charge is 2.22. The van der Waals surface area contributed by atoms with Crippen LogP contribution in [0.5, 0.6) is 5.75 Å². The molecular weight excluding hydrogens is 264 g/mol. The molecule has 0 fully saturated rings. The second-order valence-electron chi connectivity index (χ2n) is 4.44. The Labute approximate surface area is 116 Å². The number of aromatic hydroxyl groups is 1. The highest BCUT2D eigenvalue weighted by Crippen LogP contribution is 2.29. The van der Waals surface area contributed by atoms with Crippen molar-refractivity contribution in [3.05, 3.63) is 33.9 Å². The van der Waals surface area contributed by atoms with Crippen LogP contribution in [0.2, 0.25) is 0 Å². The van der Waals surface area contributed by atoms with Gasteiger partial charge in [-0.3, -0.25) is 14.9 Å². The zero-order valence-electron chi connectivity index (χ0n) is 11.3. The van der Waals surface area contributed by atoms with Crippen molar-refractivity contribution in [2.75, 3.05) is 20.2 Å². The molecule has 0 aliphatic carbocycles. The maximum atomic E-state index is 12.1. The van der Waals surface area contributed by atoms with Crippen molar-refractivity contribution < 1.29 is 19.9 Å². The van der Waals surface area contributed by atoms with Gasteiger partial charge in [0.15, 0.2) is 0 Å². The van der Waals surface area contributed by atoms with E-state index in [0.717, 1.165) is 18.9 Å². The summed E-state index contributed by atoms with van der Waals surface area (Å²) in [5, 5.41) is 29.1. The van der Waals surface area contributed by atoms with Gasteiger partial charge in [0.1, 0.15) is 0 Å². The second-order valence-corrected chi connectivity index (χ2v) is 4.44. The molecular formula is C13H18N2O5. The van der Waals surface area contributed by atoms with Gasteiger partial charge in [0, 0.05) is 26.3 Å². The van der Waals surface area contributed by atoms with Crippen molar-refractivity contribution in [2.45, 2.75) is 19.3 Å². The largest absolute Gasteiger partial charge is 0.502 e. The quantitative estimate of drug-likeness (QED) is 0.448. The van der Waals surface area contributed by atoms with Crippen molar-refractivity contribution in [1.82, 2.24) is 4.90 Å². The van der Waals surface area contributed by atoms with E-state index in [-0.39, 0.29) is 12.2 Å². The summed E-state index contributed by atoms with van der Waals surface area (Å²) in [4.78, 5) is 23.5. The number of rotatable bonds is 7. The van der Waals surface area contributed by atoms with Crippen molar-refractivity contribution in [2.24, 2.45) is 0 Å². The SMILES string of the molecule is CN(CCCCCO)C(=O)c1cccc([N+](=O)[O-])c1O. The van der Waals surface area contributed by atoms with Crippen LogP contribution in [0.4, 0.5) is 5.69 Å². The first kappa shape index (κ1) is 15.9. The summed E-state index contributed by atoms with van der Waals surface area (Å²) in [6.07, 6.45) is 2.18. The van der Waals surface area contributed by atoms with E-state index in [4.69, 9.17) is 5.11 Å². The Hall–Kier alpha value is -2.15. The predicted octanol–water partition coefficient (Wildman–Crippen LogP) is 1.53. The molecule has 1 aromatic carbocycles. The lowest BCUT2D eigenvalue weighted by Crippen LogP contribution is -2.27. The molecule has 7 heteroatoms. The summed E-state index contributed by atoms with van der Waals surface area (Å²) in [5.74, 6) is -1.07. The van der Waals surface area contributed by atoms with Gasteiger partial charge in [-0.05, 0) is 25.3 Å². The van der Waals surface area contributed by atoms with Crippen LogP contribution in [0, 0.1) is 10.1 Å². The lowest BCUT2D eigenvalue weighted by atomic mass is 10.1. The minimum atomic E-state index is -0.729. The topological polar surface area (TPSA) is 104 Å². The Kier molecular flexibility index (Phi) is 5.92. The minimum absolute atomic E-state index is 0.0798. The highest BCUT2D eigenvalue weighted by atomic mass is 16.6. The van der Waals surface area contributed by atoms with Crippen LogP contribution < -0.4 is 0 Å². The van der Waals surface area contributed by atoms with Gasteiger partial charge in [-0.1, -0.05) is 6.07 Å². The average Bonchev–Trinajstić information content (AvgIpc) is 2.42. The van der Waals surface area contributed by atoms with Gasteiger partial charge in [-0.15, -0.1) is 0 Å². The van der Waals surface area contributed by atoms with Gasteiger partial charge < -0.3 is 15.1 Å². The number of carbonyl (C=O) groups excluding carboxylic acids is 1. The molecule has 2 N–H and O–H groups in total. The third-order valence-corrected chi connectivity index (χ3v) is 2.94. The molecule has 0 atom stereocenters. The monoisotopic (exact) mass is 282 g/mol. The smallest absolute Gasteiger partial charge is 0.311 e. The van der Waals surface area contributed by atoms with E-state index in [1.54, 1.807) is 7.05 Å². The predicted molar refractivity (Wildman–Crippen MR) is 72.7 cm³/mol. The molecule has 0 unspecified atom stereocenters. The molecule has 7 nitrogen and oxygen atoms in total. The van der Waals surface area contributed by atoms with Crippen LogP contribution >= 0.6 is 0 Å². The third-order valence-electron chi connectivity index (χ3n) is 2.94. The second kappa shape index (κ2) is 7.44. The van der Waals surface area contributed by atoms with E-state index in [0.29, 0.717) is 13.0 Å². The number of nitro groups is 1. The number of benzene rings is 1. The zero-order chi connectivity index (χ0) is 15.1. The van der Waals surface area contributed by atoms with E-state index >= 15 is 0 Å². The normalized spacial score (nSPS) is 10.3. The summed E-state index contributed by atoms with van der Waals surface area (Å²) >= 11 is 0. The number of aliphatic hydroxyl groups excluding tert-OH is 1. The fourth-order valence-corrected chi connectivity index (χ4v) is 1.80. The van der Waals surface area contributed by atoms with Crippen LogP contribution in [-0.2, 0) is 0 Å². The van der Waals surface area contributed by atoms with Gasteiger partial charge >= 0.3 is 5.69 Å². The van der Waals surface area contributed by atoms with Gasteiger partial charge in [-0.25, -0.2) is 0 Å². The minimum Gasteiger partial charge on any atom is -0.502 e. The van der Waals surface area contributed by atoms with E-state index in [2.05, 4.69) is 0 Å². The number of hydrogen-bond donors (Lipinski definition) is 2. The summed E-state index contributed by atoms with van der Waals surface area (Å²) < 4.78 is 0. The maximum Gasteiger partial charge on any atom is 0.311 e. The van der Waals surface area contributed by atoms with Crippen LogP contribution in [0.25, 0.3) is 0 Å². The number of nitro benzene ring substituents is 1. The lowest BCUT2D eigenvalue weighted by Gasteiger charge is -2.17. The number of phenolic OH excluding ortho intramolecular Hbond substituents is 1. The zero-order valence-corrected chi connectivity index (χ0v) is 11.3. The first-order chi connectivity index (χ1) is 9.49. The number of hydrogen-bond acceptors (Lipinski definition) is 5. The van der Waals surface area contributed by atoms with E-state index in [1.807, 2.05) is 0 Å². The van der Waals surface area contributed by atoms with Crippen molar-refractivity contribution >= 4 is 11.6 Å². The Morgan fingerprint density at radius 1 is 1.35 bits per heavy atom. The molecule has 1 rings (SSSR count). The molecule has 0 heterocycles. The van der Waals surface area contributed by atoms with Crippen LogP contribution in [-0.4, -0.2) is 46.1 Å². The molecule has 0 saturated heterocycles. The Morgan fingerprint density at radius 2 is 2.05 bits per heavy atom. The standard InChI is InChI=1S/C13H18N2O5/c1-14(8-3-2-4-9-16)13(18)10-6-5-7-11(12(10)17)15(19)20/h5-7,16-17H,2-4,8-9H2,1H3. The summed E-state index contributed by atoms with van der Waals surface area (Å²) in [6.45, 7) is 0.574. The number of phenols is 1. The number of aliphatic hydroxyl groups is 1. The molecule has 20 heavy (non-hydrogen) atoms. The van der Waals surface area contributed by atoms with E-state index in [9.17, 15) is 20.0 Å². The maximum absolute atomic E-state index is 12.1. The molecule has 0 radical (unpaired) electrons. The molecule has 110 valence electrons. The Morgan fingerprint density at radius 3 is 2.65 bits per heavy atom. The molecule has 0 aliphatic rings. The average molecular weight is 282 g/mol. The number of nitrogens with zero attached hydrogens (tertiary/aromatic N) is 2. The summed E-state index contributed by atoms with van der Waals surface area (Å²) in [5.41, 5.74) is -0.562. The summed E-state index contributed by atoms with van der Waals surface area (Å²) in [6, 6.07) is 3.87. The molecule has 0 spiro atoms. The van der Waals surface area contributed by atoms with E-state index in [1.165, 1.54) is 17.0 Å². The number of para-hydroxylation sites is 1. The summed E-state index contributed by atoms with van der Waals surface area (Å²) in [7, 11) is 1.57. The lowest BCUT2D eigenvalue weighted by molar-refractivity contribution is -0.385. The number of carbonyl (C=O) groups is 1. The Bertz CT molecular complexity index is 490. The van der Waals surface area contributed by atoms with Crippen LogP contribution in [0.1, 0.15) is 29.6 Å². The molecule has 0 aromatic heterocycles. The molecule has 0 saturated carbocycles. The van der Waals surface area contributed by atoms with Crippen molar-refractivity contribution in [3.63, 3.8) is 0 Å². The molecule has 1 aromatic rings. The van der Waals surface area contributed by atoms with Crippen molar-refractivity contribution in [1.29, 1.82) is 0 Å². The van der Waals surface area contributed by atoms with Gasteiger partial charge in [0.25, 0.3) is 5.91 Å². The first-order valence-corrected chi connectivity index (χ1v) is 6.31. The van der Waals surface area contributed by atoms with Gasteiger partial charge in [0.05, 0.1) is 10.5 Å². The van der Waals surface area contributed by atoms with E-state index < -0.39 is 22.3 Å². The number of amides is 1. The van der Waals surface area contributed by atoms with Crippen molar-refractivity contribution in [3.8, 4) is 5.75 Å². The fraction of sp³-hybridized carbons (Fsp3) is 0.462. The molecule has 0 aliphatic heterocycles. The first-order valence-electron chi connectivity index (χ1n) is 6.31. The number of unbranched alkanes of at least 4 members (excludes halogenated alkanes) is 2. The highest BCUT2D eigenvalue weighted by molar-refractivity contribution is 5.97. The van der Waals surface area contributed by atoms with Crippen LogP contribution in [0.15, 0.2) is 18.2 Å². The third kappa shape index (κ3) is 3.92. The Balaban J connectivity index is 2.76. The molecule has 1 amide bonds.